The van der Waals surface area contributed by atoms with Gasteiger partial charge in [0.15, 0.2) is 0 Å². The van der Waals surface area contributed by atoms with Crippen molar-refractivity contribution in [3.05, 3.63) is 12.2 Å². The molecule has 1 heterocycles. The molecule has 0 N–H and O–H groups in total. The second-order valence-corrected chi connectivity index (χ2v) is 5.53. The lowest BCUT2D eigenvalue weighted by atomic mass is 9.79. The minimum Gasteiger partial charge on any atom is -0.447 e. The Bertz CT molecular complexity index is 404. The first kappa shape index (κ1) is 11.8. The molecule has 18 heavy (non-hydrogen) atoms. The van der Waals surface area contributed by atoms with Crippen molar-refractivity contribution in [3.8, 4) is 0 Å². The molecule has 98 valence electrons. The topological polar surface area (TPSA) is 46.6 Å². The van der Waals surface area contributed by atoms with Crippen molar-refractivity contribution in [3.63, 3.8) is 0 Å². The van der Waals surface area contributed by atoms with Gasteiger partial charge in [-0.1, -0.05) is 25.5 Å². The largest absolute Gasteiger partial charge is 0.447 e. The van der Waals surface area contributed by atoms with Gasteiger partial charge < -0.3 is 4.74 Å². The Morgan fingerprint density at radius 2 is 2.22 bits per heavy atom. The van der Waals surface area contributed by atoms with E-state index in [0.717, 1.165) is 19.3 Å². The zero-order valence-corrected chi connectivity index (χ0v) is 10.7. The molecule has 2 bridgehead atoms. The van der Waals surface area contributed by atoms with Crippen molar-refractivity contribution >= 4 is 12.0 Å². The van der Waals surface area contributed by atoms with Crippen molar-refractivity contribution in [2.45, 2.75) is 26.2 Å². The van der Waals surface area contributed by atoms with Gasteiger partial charge in [-0.25, -0.2) is 9.69 Å². The third kappa shape index (κ3) is 1.66. The Hall–Kier alpha value is -1.32. The van der Waals surface area contributed by atoms with Crippen LogP contribution in [0.4, 0.5) is 4.79 Å². The van der Waals surface area contributed by atoms with Crippen molar-refractivity contribution in [2.75, 3.05) is 13.2 Å². The lowest BCUT2D eigenvalue weighted by molar-refractivity contribution is -0.134. The quantitative estimate of drug-likeness (QED) is 0.720. The highest BCUT2D eigenvalue weighted by Crippen LogP contribution is 2.50. The van der Waals surface area contributed by atoms with Crippen LogP contribution < -0.4 is 0 Å². The van der Waals surface area contributed by atoms with Crippen LogP contribution in [0.2, 0.25) is 0 Å². The van der Waals surface area contributed by atoms with Crippen LogP contribution in [-0.4, -0.2) is 30.1 Å². The first-order chi connectivity index (χ1) is 8.72. The smallest absolute Gasteiger partial charge is 0.416 e. The second-order valence-electron chi connectivity index (χ2n) is 5.53. The maximum Gasteiger partial charge on any atom is 0.416 e. The number of carbonyl (C=O) groups excluding carboxylic acids is 2. The van der Waals surface area contributed by atoms with E-state index in [2.05, 4.69) is 19.1 Å². The molecule has 3 aliphatic rings. The van der Waals surface area contributed by atoms with Gasteiger partial charge in [-0.15, -0.1) is 0 Å². The molecule has 1 saturated carbocycles. The first-order valence-corrected chi connectivity index (χ1v) is 6.89. The average Bonchev–Trinajstić information content (AvgIpc) is 3.03. The Kier molecular flexibility index (Phi) is 2.88. The average molecular weight is 249 g/mol. The van der Waals surface area contributed by atoms with Crippen molar-refractivity contribution in [1.82, 2.24) is 4.90 Å². The van der Waals surface area contributed by atoms with Crippen LogP contribution in [-0.2, 0) is 9.53 Å². The molecule has 1 saturated heterocycles. The van der Waals surface area contributed by atoms with E-state index in [0.29, 0.717) is 30.9 Å². The number of ether oxygens (including phenoxy) is 1. The molecule has 0 aromatic heterocycles. The predicted octanol–water partition coefficient (Wildman–Crippen LogP) is 2.20. The number of cyclic esters (lactones) is 1. The maximum absolute atomic E-state index is 12.5. The standard InChI is InChI=1S/C14H19NO3/c1-2-3-11-9-4-5-10(8-9)12(11)13(16)15-6-7-18-14(15)17/h4-5,9-12H,2-3,6-8H2,1H3. The lowest BCUT2D eigenvalue weighted by Crippen LogP contribution is -2.41. The summed E-state index contributed by atoms with van der Waals surface area (Å²) in [6.07, 6.45) is 7.23. The molecule has 4 unspecified atom stereocenters. The Morgan fingerprint density at radius 1 is 1.44 bits per heavy atom. The molecule has 4 nitrogen and oxygen atoms in total. The van der Waals surface area contributed by atoms with E-state index >= 15 is 0 Å². The van der Waals surface area contributed by atoms with Gasteiger partial charge in [0.1, 0.15) is 6.61 Å². The van der Waals surface area contributed by atoms with Gasteiger partial charge in [-0.2, -0.15) is 0 Å². The Morgan fingerprint density at radius 3 is 2.89 bits per heavy atom. The van der Waals surface area contributed by atoms with Crippen LogP contribution >= 0.6 is 0 Å². The molecule has 0 aromatic rings. The van der Waals surface area contributed by atoms with Crippen LogP contribution in [0, 0.1) is 23.7 Å². The molecule has 4 atom stereocenters. The number of nitrogens with zero attached hydrogens (tertiary/aromatic N) is 1. The zero-order valence-electron chi connectivity index (χ0n) is 10.7. The molecule has 2 fully saturated rings. The lowest BCUT2D eigenvalue weighted by Gasteiger charge is -2.28. The number of fused-ring (bicyclic) bond motifs is 2. The summed E-state index contributed by atoms with van der Waals surface area (Å²) in [5.41, 5.74) is 0. The minimum atomic E-state index is -0.456. The number of hydrogen-bond donors (Lipinski definition) is 0. The van der Waals surface area contributed by atoms with Crippen LogP contribution in [0.5, 0.6) is 0 Å². The molecular formula is C14H19NO3. The molecule has 4 heteroatoms. The van der Waals surface area contributed by atoms with Gasteiger partial charge in [-0.3, -0.25) is 4.79 Å². The first-order valence-electron chi connectivity index (χ1n) is 6.89. The van der Waals surface area contributed by atoms with E-state index < -0.39 is 6.09 Å². The van der Waals surface area contributed by atoms with E-state index in [-0.39, 0.29) is 11.8 Å². The number of rotatable bonds is 3. The van der Waals surface area contributed by atoms with Gasteiger partial charge in [0, 0.05) is 5.92 Å². The van der Waals surface area contributed by atoms with Gasteiger partial charge in [0.25, 0.3) is 0 Å². The molecule has 0 radical (unpaired) electrons. The Balaban J connectivity index is 1.79. The maximum atomic E-state index is 12.5. The van der Waals surface area contributed by atoms with Crippen molar-refractivity contribution in [2.24, 2.45) is 23.7 Å². The summed E-state index contributed by atoms with van der Waals surface area (Å²) in [6.45, 7) is 2.93. The highest BCUT2D eigenvalue weighted by molar-refractivity contribution is 5.95. The van der Waals surface area contributed by atoms with Crippen LogP contribution in [0.15, 0.2) is 12.2 Å². The van der Waals surface area contributed by atoms with Gasteiger partial charge >= 0.3 is 6.09 Å². The number of allylic oxidation sites excluding steroid dienone is 2. The summed E-state index contributed by atoms with van der Waals surface area (Å²) in [6, 6.07) is 0. The fraction of sp³-hybridized carbons (Fsp3) is 0.714. The van der Waals surface area contributed by atoms with Crippen LogP contribution in [0.25, 0.3) is 0 Å². The molecule has 2 amide bonds. The zero-order chi connectivity index (χ0) is 12.7. The van der Waals surface area contributed by atoms with E-state index in [4.69, 9.17) is 4.74 Å². The van der Waals surface area contributed by atoms with Crippen LogP contribution in [0.1, 0.15) is 26.2 Å². The molecule has 1 aliphatic heterocycles. The van der Waals surface area contributed by atoms with Gasteiger partial charge in [0.05, 0.1) is 6.54 Å². The molecule has 0 spiro atoms. The summed E-state index contributed by atoms with van der Waals surface area (Å²) in [5.74, 6) is 1.30. The summed E-state index contributed by atoms with van der Waals surface area (Å²) < 4.78 is 4.87. The van der Waals surface area contributed by atoms with Crippen molar-refractivity contribution in [1.29, 1.82) is 0 Å². The normalized spacial score (nSPS) is 37.4. The van der Waals surface area contributed by atoms with E-state index in [9.17, 15) is 9.59 Å². The van der Waals surface area contributed by atoms with E-state index in [1.54, 1.807) is 0 Å². The summed E-state index contributed by atoms with van der Waals surface area (Å²) in [7, 11) is 0. The predicted molar refractivity (Wildman–Crippen MR) is 65.7 cm³/mol. The van der Waals surface area contributed by atoms with Crippen molar-refractivity contribution < 1.29 is 14.3 Å². The van der Waals surface area contributed by atoms with Gasteiger partial charge in [0.2, 0.25) is 5.91 Å². The van der Waals surface area contributed by atoms with Crippen LogP contribution in [0.3, 0.4) is 0 Å². The summed E-state index contributed by atoms with van der Waals surface area (Å²) >= 11 is 0. The van der Waals surface area contributed by atoms with Gasteiger partial charge in [-0.05, 0) is 30.6 Å². The summed E-state index contributed by atoms with van der Waals surface area (Å²) in [5, 5.41) is 0. The highest BCUT2D eigenvalue weighted by Gasteiger charge is 2.50. The SMILES string of the molecule is CCCC1C2C=CC(C2)C1C(=O)N1CCOC1=O. The highest BCUT2D eigenvalue weighted by atomic mass is 16.6. The van der Waals surface area contributed by atoms with E-state index in [1.165, 1.54) is 4.90 Å². The monoisotopic (exact) mass is 249 g/mol. The number of carbonyl (C=O) groups is 2. The number of amides is 2. The fourth-order valence-corrected chi connectivity index (χ4v) is 3.79. The number of hydrogen-bond acceptors (Lipinski definition) is 3. The Labute approximate surface area is 107 Å². The third-order valence-electron chi connectivity index (χ3n) is 4.56. The van der Waals surface area contributed by atoms with E-state index in [1.807, 2.05) is 0 Å². The third-order valence-corrected chi connectivity index (χ3v) is 4.56. The molecule has 0 aromatic carbocycles. The number of imide groups is 1. The fourth-order valence-electron chi connectivity index (χ4n) is 3.79. The minimum absolute atomic E-state index is 0.00519. The molecule has 2 aliphatic carbocycles. The molecule has 3 rings (SSSR count). The summed E-state index contributed by atoms with van der Waals surface area (Å²) in [4.78, 5) is 25.3. The molecular weight excluding hydrogens is 230 g/mol. The second kappa shape index (κ2) is 4.41.